The largest absolute Gasteiger partial charge is 0.481 e. The third kappa shape index (κ3) is 6.36. The average Bonchev–Trinajstić information content (AvgIpc) is 2.33. The Kier molecular flexibility index (Phi) is 7.12. The van der Waals surface area contributed by atoms with Gasteiger partial charge in [0.15, 0.2) is 0 Å². The molecule has 0 rings (SSSR count). The van der Waals surface area contributed by atoms with Crippen LogP contribution in [0.1, 0.15) is 12.8 Å². The molecule has 0 aromatic heterocycles. The molecule has 0 aliphatic carbocycles. The summed E-state index contributed by atoms with van der Waals surface area (Å²) in [6.45, 7) is 0. The number of ether oxygens (including phenoxy) is 2. The van der Waals surface area contributed by atoms with Gasteiger partial charge in [0.2, 0.25) is 0 Å². The quantitative estimate of drug-likeness (QED) is 0.457. The molecule has 0 aromatic carbocycles. The van der Waals surface area contributed by atoms with Crippen molar-refractivity contribution in [2.45, 2.75) is 24.9 Å². The Morgan fingerprint density at radius 2 is 1.21 bits per heavy atom. The molecule has 0 bridgehead atoms. The molecule has 19 heavy (non-hydrogen) atoms. The highest BCUT2D eigenvalue weighted by atomic mass is 16.5. The lowest BCUT2D eigenvalue weighted by Gasteiger charge is -2.20. The number of rotatable bonds is 8. The van der Waals surface area contributed by atoms with Gasteiger partial charge < -0.3 is 19.7 Å². The van der Waals surface area contributed by atoms with Crippen LogP contribution < -0.4 is 5.32 Å². The first kappa shape index (κ1) is 16.8. The van der Waals surface area contributed by atoms with Crippen LogP contribution in [0.2, 0.25) is 0 Å². The minimum atomic E-state index is -1.34. The molecular weight excluding hydrogens is 262 g/mol. The molecule has 0 spiro atoms. The molecule has 3 N–H and O–H groups in total. The van der Waals surface area contributed by atoms with Gasteiger partial charge in [-0.1, -0.05) is 0 Å². The topological polar surface area (TPSA) is 139 Å². The van der Waals surface area contributed by atoms with Gasteiger partial charge in [-0.25, -0.2) is 0 Å². The van der Waals surface area contributed by atoms with Crippen LogP contribution in [0.15, 0.2) is 0 Å². The molecule has 0 aliphatic rings. The first-order valence-corrected chi connectivity index (χ1v) is 5.17. The number of esters is 2. The maximum atomic E-state index is 11.3. The van der Waals surface area contributed by atoms with Crippen molar-refractivity contribution in [2.75, 3.05) is 14.2 Å². The van der Waals surface area contributed by atoms with Gasteiger partial charge in [0.05, 0.1) is 27.1 Å². The van der Waals surface area contributed by atoms with Crippen molar-refractivity contribution in [1.29, 1.82) is 0 Å². The summed E-state index contributed by atoms with van der Waals surface area (Å²) in [6, 6.07) is -2.68. The van der Waals surface area contributed by atoms with E-state index in [0.717, 1.165) is 14.2 Å². The van der Waals surface area contributed by atoms with Gasteiger partial charge in [0.1, 0.15) is 12.1 Å². The number of carbonyl (C=O) groups excluding carboxylic acids is 2. The molecule has 0 saturated heterocycles. The van der Waals surface area contributed by atoms with Crippen LogP contribution in [-0.4, -0.2) is 60.4 Å². The van der Waals surface area contributed by atoms with Crippen LogP contribution in [0.25, 0.3) is 0 Å². The monoisotopic (exact) mass is 277 g/mol. The SMILES string of the molecule is COC(=O)C(CC(=O)O)NC(CC(=O)O)C(=O)OC. The Labute approximate surface area is 108 Å². The highest BCUT2D eigenvalue weighted by Gasteiger charge is 2.30. The lowest BCUT2D eigenvalue weighted by Crippen LogP contribution is -2.49. The Hall–Kier alpha value is -2.16. The number of hydrogen-bond acceptors (Lipinski definition) is 7. The fraction of sp³-hybridized carbons (Fsp3) is 0.600. The minimum absolute atomic E-state index is 0.653. The summed E-state index contributed by atoms with van der Waals surface area (Å²) in [5, 5.41) is 19.6. The first-order chi connectivity index (χ1) is 8.81. The summed E-state index contributed by atoms with van der Waals surface area (Å²) < 4.78 is 8.74. The molecule has 0 amide bonds. The maximum absolute atomic E-state index is 11.3. The Morgan fingerprint density at radius 3 is 1.42 bits per heavy atom. The Balaban J connectivity index is 4.90. The lowest BCUT2D eigenvalue weighted by molar-refractivity contribution is -0.152. The molecule has 9 nitrogen and oxygen atoms in total. The van der Waals surface area contributed by atoms with Crippen LogP contribution in [0.3, 0.4) is 0 Å². The fourth-order valence-corrected chi connectivity index (χ4v) is 1.30. The Morgan fingerprint density at radius 1 is 0.895 bits per heavy atom. The minimum Gasteiger partial charge on any atom is -0.481 e. The van der Waals surface area contributed by atoms with E-state index >= 15 is 0 Å². The van der Waals surface area contributed by atoms with Gasteiger partial charge in [-0.15, -0.1) is 0 Å². The van der Waals surface area contributed by atoms with Crippen molar-refractivity contribution in [1.82, 2.24) is 5.32 Å². The van der Waals surface area contributed by atoms with E-state index in [9.17, 15) is 19.2 Å². The molecule has 0 fully saturated rings. The first-order valence-electron chi connectivity index (χ1n) is 5.17. The second-order valence-corrected chi connectivity index (χ2v) is 3.51. The lowest BCUT2D eigenvalue weighted by atomic mass is 10.1. The maximum Gasteiger partial charge on any atom is 0.323 e. The van der Waals surface area contributed by atoms with Crippen molar-refractivity contribution in [3.8, 4) is 0 Å². The van der Waals surface area contributed by atoms with E-state index < -0.39 is 48.8 Å². The van der Waals surface area contributed by atoms with Crippen molar-refractivity contribution in [3.05, 3.63) is 0 Å². The highest BCUT2D eigenvalue weighted by Crippen LogP contribution is 2.03. The van der Waals surface area contributed by atoms with Crippen molar-refractivity contribution >= 4 is 23.9 Å². The number of hydrogen-bond donors (Lipinski definition) is 3. The zero-order chi connectivity index (χ0) is 15.0. The van der Waals surface area contributed by atoms with E-state index in [-0.39, 0.29) is 0 Å². The van der Waals surface area contributed by atoms with E-state index in [1.807, 2.05) is 0 Å². The summed E-state index contributed by atoms with van der Waals surface area (Å²) in [5.74, 6) is -4.44. The van der Waals surface area contributed by atoms with Gasteiger partial charge in [0, 0.05) is 0 Å². The van der Waals surface area contributed by atoms with Gasteiger partial charge >= 0.3 is 23.9 Å². The molecule has 9 heteroatoms. The van der Waals surface area contributed by atoms with Gasteiger partial charge in [-0.05, 0) is 0 Å². The van der Waals surface area contributed by atoms with Crippen molar-refractivity contribution < 1.29 is 38.9 Å². The highest BCUT2D eigenvalue weighted by molar-refractivity contribution is 5.85. The predicted molar refractivity (Wildman–Crippen MR) is 59.2 cm³/mol. The number of aliphatic carboxylic acids is 2. The van der Waals surface area contributed by atoms with E-state index in [1.54, 1.807) is 0 Å². The molecule has 2 unspecified atom stereocenters. The second-order valence-electron chi connectivity index (χ2n) is 3.51. The smallest absolute Gasteiger partial charge is 0.323 e. The summed E-state index contributed by atoms with van der Waals surface area (Å²) in [6.07, 6.45) is -1.31. The third-order valence-electron chi connectivity index (χ3n) is 2.13. The average molecular weight is 277 g/mol. The molecule has 0 aliphatic heterocycles. The number of carboxylic acids is 2. The van der Waals surface area contributed by atoms with E-state index in [4.69, 9.17) is 10.2 Å². The molecule has 0 aromatic rings. The van der Waals surface area contributed by atoms with Gasteiger partial charge in [-0.2, -0.15) is 0 Å². The van der Waals surface area contributed by atoms with Crippen LogP contribution in [0, 0.1) is 0 Å². The van der Waals surface area contributed by atoms with Gasteiger partial charge in [0.25, 0.3) is 0 Å². The molecule has 0 heterocycles. The second kappa shape index (κ2) is 8.03. The molecular formula is C10H15NO8. The van der Waals surface area contributed by atoms with Crippen LogP contribution in [0.4, 0.5) is 0 Å². The standard InChI is InChI=1S/C10H15NO8/c1-18-9(16)5(3-7(12)13)11-6(4-8(14)15)10(17)19-2/h5-6,11H,3-4H2,1-2H3,(H,12,13)(H,14,15). The van der Waals surface area contributed by atoms with E-state index in [0.29, 0.717) is 0 Å². The van der Waals surface area contributed by atoms with Crippen molar-refractivity contribution in [3.63, 3.8) is 0 Å². The summed E-state index contributed by atoms with van der Waals surface area (Å²) in [4.78, 5) is 43.8. The fourth-order valence-electron chi connectivity index (χ4n) is 1.30. The molecule has 108 valence electrons. The summed E-state index contributed by atoms with van der Waals surface area (Å²) in [7, 11) is 2.09. The zero-order valence-electron chi connectivity index (χ0n) is 10.4. The zero-order valence-corrected chi connectivity index (χ0v) is 10.4. The number of methoxy groups -OCH3 is 2. The van der Waals surface area contributed by atoms with Crippen LogP contribution in [-0.2, 0) is 28.7 Å². The molecule has 2 atom stereocenters. The third-order valence-corrected chi connectivity index (χ3v) is 2.13. The summed E-state index contributed by atoms with van der Waals surface area (Å²) >= 11 is 0. The van der Waals surface area contributed by atoms with E-state index in [2.05, 4.69) is 14.8 Å². The number of nitrogens with one attached hydrogen (secondary N) is 1. The van der Waals surface area contributed by atoms with Crippen LogP contribution >= 0.6 is 0 Å². The number of carboxylic acid groups (broad SMARTS) is 2. The molecule has 0 radical (unpaired) electrons. The van der Waals surface area contributed by atoms with E-state index in [1.165, 1.54) is 0 Å². The number of carbonyl (C=O) groups is 4. The van der Waals surface area contributed by atoms with Crippen LogP contribution in [0.5, 0.6) is 0 Å². The summed E-state index contributed by atoms with van der Waals surface area (Å²) in [5.41, 5.74) is 0. The normalized spacial score (nSPS) is 13.2. The molecule has 0 saturated carbocycles. The predicted octanol–water partition coefficient (Wildman–Crippen LogP) is -1.39. The van der Waals surface area contributed by atoms with Crippen molar-refractivity contribution in [2.24, 2.45) is 0 Å². The Bertz CT molecular complexity index is 333. The van der Waals surface area contributed by atoms with Gasteiger partial charge in [-0.3, -0.25) is 24.5 Å².